The van der Waals surface area contributed by atoms with E-state index >= 15 is 0 Å². The fourth-order valence-corrected chi connectivity index (χ4v) is 2.69. The van der Waals surface area contributed by atoms with Crippen LogP contribution in [0.5, 0.6) is 5.75 Å². The van der Waals surface area contributed by atoms with Crippen molar-refractivity contribution in [3.63, 3.8) is 0 Å². The van der Waals surface area contributed by atoms with Crippen molar-refractivity contribution in [1.29, 1.82) is 0 Å². The number of anilines is 1. The number of methoxy groups -OCH3 is 1. The fourth-order valence-electron chi connectivity index (χ4n) is 2.69. The van der Waals surface area contributed by atoms with Crippen molar-refractivity contribution in [2.75, 3.05) is 19.0 Å². The molecule has 0 radical (unpaired) electrons. The molecule has 0 aliphatic rings. The van der Waals surface area contributed by atoms with Gasteiger partial charge < -0.3 is 15.4 Å². The molecule has 1 aromatic carbocycles. The van der Waals surface area contributed by atoms with E-state index in [-0.39, 0.29) is 5.91 Å². The maximum atomic E-state index is 12.4. The minimum Gasteiger partial charge on any atom is -0.496 e. The summed E-state index contributed by atoms with van der Waals surface area (Å²) in [5, 5.41) is 6.20. The molecule has 0 aliphatic heterocycles. The first kappa shape index (κ1) is 18.4. The molecule has 1 amide bonds. The van der Waals surface area contributed by atoms with Crippen molar-refractivity contribution in [1.82, 2.24) is 15.3 Å². The van der Waals surface area contributed by atoms with Crippen molar-refractivity contribution in [2.45, 2.75) is 13.0 Å². The summed E-state index contributed by atoms with van der Waals surface area (Å²) in [6.07, 6.45) is 7.47. The van der Waals surface area contributed by atoms with Crippen LogP contribution in [-0.2, 0) is 13.0 Å². The Morgan fingerprint density at radius 3 is 2.70 bits per heavy atom. The molecule has 3 aromatic rings. The lowest BCUT2D eigenvalue weighted by molar-refractivity contribution is 0.0953. The number of carbonyl (C=O) groups is 1. The highest BCUT2D eigenvalue weighted by Crippen LogP contribution is 2.17. The number of nitrogens with one attached hydrogen (secondary N) is 2. The van der Waals surface area contributed by atoms with Gasteiger partial charge in [0.2, 0.25) is 0 Å². The summed E-state index contributed by atoms with van der Waals surface area (Å²) in [6.45, 7) is 1.16. The molecule has 0 unspecified atom stereocenters. The van der Waals surface area contributed by atoms with E-state index in [4.69, 9.17) is 4.74 Å². The van der Waals surface area contributed by atoms with Gasteiger partial charge in [-0.3, -0.25) is 14.8 Å². The van der Waals surface area contributed by atoms with Gasteiger partial charge in [0.1, 0.15) is 5.75 Å². The van der Waals surface area contributed by atoms with E-state index in [2.05, 4.69) is 20.6 Å². The summed E-state index contributed by atoms with van der Waals surface area (Å²) in [6, 6.07) is 13.5. The van der Waals surface area contributed by atoms with E-state index in [1.165, 1.54) is 0 Å². The molecule has 6 heteroatoms. The van der Waals surface area contributed by atoms with E-state index in [1.807, 2.05) is 36.4 Å². The van der Waals surface area contributed by atoms with Crippen LogP contribution in [0.2, 0.25) is 0 Å². The fraction of sp³-hybridized carbons (Fsp3) is 0.190. The number of hydrogen-bond acceptors (Lipinski definition) is 5. The topological polar surface area (TPSA) is 76.1 Å². The van der Waals surface area contributed by atoms with Gasteiger partial charge in [0, 0.05) is 37.9 Å². The van der Waals surface area contributed by atoms with Crippen LogP contribution >= 0.6 is 0 Å². The Hall–Kier alpha value is -3.41. The lowest BCUT2D eigenvalue weighted by Gasteiger charge is -2.10. The molecule has 138 valence electrons. The van der Waals surface area contributed by atoms with Crippen LogP contribution in [0.15, 0.2) is 67.3 Å². The Balaban J connectivity index is 1.54. The number of benzene rings is 1. The largest absolute Gasteiger partial charge is 0.496 e. The minimum absolute atomic E-state index is 0.148. The van der Waals surface area contributed by atoms with E-state index in [1.54, 1.807) is 38.0 Å². The van der Waals surface area contributed by atoms with Crippen LogP contribution in [-0.4, -0.2) is 29.5 Å². The van der Waals surface area contributed by atoms with Crippen molar-refractivity contribution in [2.24, 2.45) is 0 Å². The lowest BCUT2D eigenvalue weighted by Crippen LogP contribution is -2.26. The van der Waals surface area contributed by atoms with Crippen molar-refractivity contribution in [3.8, 4) is 5.75 Å². The molecule has 6 nitrogen and oxygen atoms in total. The van der Waals surface area contributed by atoms with E-state index in [0.717, 1.165) is 22.6 Å². The van der Waals surface area contributed by atoms with Crippen molar-refractivity contribution >= 4 is 11.6 Å². The average Bonchev–Trinajstić information content (AvgIpc) is 2.73. The molecular formula is C21H22N4O2. The van der Waals surface area contributed by atoms with Gasteiger partial charge in [-0.1, -0.05) is 18.2 Å². The van der Waals surface area contributed by atoms with Crippen LogP contribution in [0.3, 0.4) is 0 Å². The van der Waals surface area contributed by atoms with Crippen molar-refractivity contribution in [3.05, 3.63) is 83.9 Å². The molecule has 2 aromatic heterocycles. The monoisotopic (exact) mass is 362 g/mol. The van der Waals surface area contributed by atoms with Gasteiger partial charge in [0.25, 0.3) is 5.91 Å². The second-order valence-electron chi connectivity index (χ2n) is 5.99. The van der Waals surface area contributed by atoms with E-state index in [9.17, 15) is 4.79 Å². The van der Waals surface area contributed by atoms with Gasteiger partial charge in [-0.2, -0.15) is 0 Å². The molecule has 2 heterocycles. The Labute approximate surface area is 158 Å². The van der Waals surface area contributed by atoms with Crippen molar-refractivity contribution < 1.29 is 9.53 Å². The second kappa shape index (κ2) is 9.33. The predicted octanol–water partition coefficient (Wildman–Crippen LogP) is 3.07. The lowest BCUT2D eigenvalue weighted by atomic mass is 10.1. The first-order valence-corrected chi connectivity index (χ1v) is 8.74. The number of aromatic nitrogens is 2. The number of carbonyl (C=O) groups excluding carboxylic acids is 1. The number of nitrogens with zero attached hydrogens (tertiary/aromatic N) is 2. The Morgan fingerprint density at radius 1 is 1.07 bits per heavy atom. The molecule has 0 saturated heterocycles. The predicted molar refractivity (Wildman–Crippen MR) is 105 cm³/mol. The van der Waals surface area contributed by atoms with Crippen LogP contribution in [0.1, 0.15) is 21.5 Å². The number of ether oxygens (including phenoxy) is 1. The molecule has 0 saturated carbocycles. The number of rotatable bonds is 8. The molecule has 0 bridgehead atoms. The maximum absolute atomic E-state index is 12.4. The summed E-state index contributed by atoms with van der Waals surface area (Å²) in [4.78, 5) is 20.6. The van der Waals surface area contributed by atoms with E-state index < -0.39 is 0 Å². The summed E-state index contributed by atoms with van der Waals surface area (Å²) < 4.78 is 5.33. The molecule has 0 fully saturated rings. The minimum atomic E-state index is -0.148. The first-order chi connectivity index (χ1) is 13.3. The smallest absolute Gasteiger partial charge is 0.252 e. The zero-order valence-corrected chi connectivity index (χ0v) is 15.2. The number of pyridine rings is 2. The first-order valence-electron chi connectivity index (χ1n) is 8.74. The van der Waals surface area contributed by atoms with Crippen LogP contribution in [0.4, 0.5) is 5.69 Å². The second-order valence-corrected chi connectivity index (χ2v) is 5.99. The van der Waals surface area contributed by atoms with Gasteiger partial charge in [0.15, 0.2) is 0 Å². The molecule has 0 atom stereocenters. The number of amides is 1. The zero-order chi connectivity index (χ0) is 18.9. The maximum Gasteiger partial charge on any atom is 0.252 e. The van der Waals surface area contributed by atoms with Gasteiger partial charge in [-0.15, -0.1) is 0 Å². The Kier molecular flexibility index (Phi) is 6.35. The number of hydrogen-bond donors (Lipinski definition) is 2. The molecule has 27 heavy (non-hydrogen) atoms. The van der Waals surface area contributed by atoms with Crippen LogP contribution in [0, 0.1) is 0 Å². The van der Waals surface area contributed by atoms with Gasteiger partial charge >= 0.3 is 0 Å². The number of para-hydroxylation sites is 1. The third-order valence-electron chi connectivity index (χ3n) is 4.12. The average molecular weight is 362 g/mol. The van der Waals surface area contributed by atoms with Gasteiger partial charge in [0.05, 0.1) is 18.4 Å². The summed E-state index contributed by atoms with van der Waals surface area (Å²) in [5.74, 6) is 0.681. The zero-order valence-electron chi connectivity index (χ0n) is 15.2. The highest BCUT2D eigenvalue weighted by molar-refractivity contribution is 5.94. The standard InChI is InChI=1S/C21H22N4O2/c1-27-20-5-3-2-4-17(20)8-11-24-21(26)18-12-19(15-23-14-18)25-13-16-6-9-22-10-7-16/h2-7,9-10,12,14-15,25H,8,11,13H2,1H3,(H,24,26). The summed E-state index contributed by atoms with van der Waals surface area (Å²) >= 11 is 0. The van der Waals surface area contributed by atoms with Crippen LogP contribution < -0.4 is 15.4 Å². The molecular weight excluding hydrogens is 340 g/mol. The molecule has 0 aliphatic carbocycles. The molecule has 0 spiro atoms. The normalized spacial score (nSPS) is 10.3. The van der Waals surface area contributed by atoms with Gasteiger partial charge in [-0.05, 0) is 41.8 Å². The Bertz CT molecular complexity index is 884. The molecule has 3 rings (SSSR count). The van der Waals surface area contributed by atoms with E-state index in [0.29, 0.717) is 25.1 Å². The quantitative estimate of drug-likeness (QED) is 0.644. The highest BCUT2D eigenvalue weighted by Gasteiger charge is 2.08. The third-order valence-corrected chi connectivity index (χ3v) is 4.12. The summed E-state index contributed by atoms with van der Waals surface area (Å²) in [5.41, 5.74) is 3.49. The Morgan fingerprint density at radius 2 is 1.89 bits per heavy atom. The highest BCUT2D eigenvalue weighted by atomic mass is 16.5. The SMILES string of the molecule is COc1ccccc1CCNC(=O)c1cncc(NCc2ccncc2)c1. The third kappa shape index (κ3) is 5.28. The molecule has 2 N–H and O–H groups in total. The van der Waals surface area contributed by atoms with Crippen LogP contribution in [0.25, 0.3) is 0 Å². The van der Waals surface area contributed by atoms with Gasteiger partial charge in [-0.25, -0.2) is 0 Å². The summed E-state index contributed by atoms with van der Waals surface area (Å²) in [7, 11) is 1.65.